The van der Waals surface area contributed by atoms with Crippen LogP contribution in [0.4, 0.5) is 0 Å². The van der Waals surface area contributed by atoms with Gasteiger partial charge in [-0.15, -0.1) is 0 Å². The highest BCUT2D eigenvalue weighted by Gasteiger charge is 2.35. The molecule has 4 rings (SSSR count). The van der Waals surface area contributed by atoms with Crippen molar-refractivity contribution in [3.05, 3.63) is 77.0 Å². The maximum atomic E-state index is 13.1. The first kappa shape index (κ1) is 19.1. The molecule has 0 fully saturated rings. The minimum atomic E-state index is -0.284. The van der Waals surface area contributed by atoms with Crippen LogP contribution in [0.25, 0.3) is 5.70 Å². The van der Waals surface area contributed by atoms with E-state index in [4.69, 9.17) is 14.2 Å². The molecule has 2 aromatic rings. The molecule has 0 radical (unpaired) electrons. The number of fused-ring (bicyclic) bond motifs is 3. The zero-order chi connectivity index (χ0) is 20.4. The largest absolute Gasteiger partial charge is 0.493 e. The van der Waals surface area contributed by atoms with Gasteiger partial charge in [-0.2, -0.15) is 0 Å². The highest BCUT2D eigenvalue weighted by Crippen LogP contribution is 2.44. The number of carbonyl (C=O) groups is 1. The maximum Gasteiger partial charge on any atom is 0.337 e. The summed E-state index contributed by atoms with van der Waals surface area (Å²) >= 11 is 0. The molecule has 29 heavy (non-hydrogen) atoms. The second-order valence-corrected chi connectivity index (χ2v) is 7.02. The number of hydrogen-bond donors (Lipinski definition) is 0. The van der Waals surface area contributed by atoms with Crippen LogP contribution >= 0.6 is 0 Å². The molecular formula is C24H25NO4. The van der Waals surface area contributed by atoms with Gasteiger partial charge in [0.05, 0.1) is 32.1 Å². The Balaban J connectivity index is 1.94. The fraction of sp³-hybridized carbons (Fsp3) is 0.292. The number of methoxy groups -OCH3 is 2. The highest BCUT2D eigenvalue weighted by molar-refractivity contribution is 6.01. The lowest BCUT2D eigenvalue weighted by molar-refractivity contribution is -0.138. The molecule has 2 aromatic carbocycles. The van der Waals surface area contributed by atoms with Gasteiger partial charge in [-0.1, -0.05) is 36.4 Å². The molecule has 5 nitrogen and oxygen atoms in total. The Morgan fingerprint density at radius 1 is 1.10 bits per heavy atom. The van der Waals surface area contributed by atoms with Gasteiger partial charge in [-0.3, -0.25) is 0 Å². The van der Waals surface area contributed by atoms with Gasteiger partial charge in [0.25, 0.3) is 0 Å². The van der Waals surface area contributed by atoms with E-state index in [1.807, 2.05) is 49.4 Å². The molecule has 0 saturated heterocycles. The third-order valence-corrected chi connectivity index (χ3v) is 5.45. The average molecular weight is 391 g/mol. The minimum Gasteiger partial charge on any atom is -0.493 e. The van der Waals surface area contributed by atoms with Gasteiger partial charge in [0.2, 0.25) is 0 Å². The van der Waals surface area contributed by atoms with E-state index in [0.717, 1.165) is 35.4 Å². The molecule has 0 N–H and O–H groups in total. The Morgan fingerprint density at radius 3 is 2.52 bits per heavy atom. The Morgan fingerprint density at radius 2 is 1.83 bits per heavy atom. The van der Waals surface area contributed by atoms with E-state index in [-0.39, 0.29) is 11.9 Å². The van der Waals surface area contributed by atoms with Crippen LogP contribution in [0.3, 0.4) is 0 Å². The first-order chi connectivity index (χ1) is 14.2. The summed E-state index contributed by atoms with van der Waals surface area (Å²) in [5, 5.41) is 0. The lowest BCUT2D eigenvalue weighted by Gasteiger charge is -2.37. The summed E-state index contributed by atoms with van der Waals surface area (Å²) in [5.74, 6) is 0.896. The first-order valence-corrected chi connectivity index (χ1v) is 9.84. The number of allylic oxidation sites excluding steroid dienone is 1. The number of benzene rings is 2. The quantitative estimate of drug-likeness (QED) is 0.717. The molecule has 0 bridgehead atoms. The van der Waals surface area contributed by atoms with Crippen molar-refractivity contribution < 1.29 is 19.0 Å². The SMILES string of the molecule is CCOC(=O)C1=C2c3cc(OC)c(OC)cc3CCN2C=C[C@H]1c1ccccc1. The van der Waals surface area contributed by atoms with E-state index in [1.165, 1.54) is 0 Å². The maximum absolute atomic E-state index is 13.1. The summed E-state index contributed by atoms with van der Waals surface area (Å²) < 4.78 is 16.5. The van der Waals surface area contributed by atoms with E-state index < -0.39 is 0 Å². The first-order valence-electron chi connectivity index (χ1n) is 9.84. The Labute approximate surface area is 171 Å². The number of ether oxygens (including phenoxy) is 3. The zero-order valence-electron chi connectivity index (χ0n) is 17.0. The van der Waals surface area contributed by atoms with Crippen molar-refractivity contribution in [2.45, 2.75) is 19.3 Å². The fourth-order valence-corrected chi connectivity index (χ4v) is 4.11. The van der Waals surface area contributed by atoms with Crippen LogP contribution in [0, 0.1) is 0 Å². The molecule has 0 amide bonds. The van der Waals surface area contributed by atoms with Gasteiger partial charge in [0, 0.05) is 24.2 Å². The van der Waals surface area contributed by atoms with E-state index >= 15 is 0 Å². The van der Waals surface area contributed by atoms with Crippen molar-refractivity contribution in [1.29, 1.82) is 0 Å². The van der Waals surface area contributed by atoms with E-state index in [0.29, 0.717) is 23.7 Å². The van der Waals surface area contributed by atoms with Gasteiger partial charge in [-0.05, 0) is 36.6 Å². The molecule has 0 aromatic heterocycles. The van der Waals surface area contributed by atoms with Crippen molar-refractivity contribution in [3.8, 4) is 11.5 Å². The third kappa shape index (κ3) is 3.37. The van der Waals surface area contributed by atoms with Crippen LogP contribution in [0.2, 0.25) is 0 Å². The minimum absolute atomic E-state index is 0.166. The fourth-order valence-electron chi connectivity index (χ4n) is 4.11. The molecule has 0 unspecified atom stereocenters. The molecule has 150 valence electrons. The topological polar surface area (TPSA) is 48.0 Å². The van der Waals surface area contributed by atoms with Crippen molar-refractivity contribution >= 4 is 11.7 Å². The number of esters is 1. The molecule has 0 aliphatic carbocycles. The monoisotopic (exact) mass is 391 g/mol. The summed E-state index contributed by atoms with van der Waals surface area (Å²) in [6.45, 7) is 2.96. The summed E-state index contributed by atoms with van der Waals surface area (Å²) in [5.41, 5.74) is 4.74. The standard InChI is InChI=1S/C24H25NO4/c1-4-29-24(26)22-18(16-8-6-5-7-9-16)11-13-25-12-10-17-14-20(27-2)21(28-3)15-19(17)23(22)25/h5-9,11,13-15,18H,4,10,12H2,1-3H3/t18-/m0/s1. The van der Waals surface area contributed by atoms with Crippen LogP contribution < -0.4 is 9.47 Å². The van der Waals surface area contributed by atoms with E-state index in [1.54, 1.807) is 14.2 Å². The van der Waals surface area contributed by atoms with Crippen LogP contribution in [0.15, 0.2) is 60.3 Å². The lowest BCUT2D eigenvalue weighted by atomic mass is 9.82. The van der Waals surface area contributed by atoms with Crippen LogP contribution in [0.1, 0.15) is 29.5 Å². The molecule has 2 heterocycles. The van der Waals surface area contributed by atoms with Crippen LogP contribution in [-0.4, -0.2) is 38.2 Å². The normalized spacial score (nSPS) is 17.5. The number of hydrogen-bond acceptors (Lipinski definition) is 5. The number of rotatable bonds is 5. The highest BCUT2D eigenvalue weighted by atomic mass is 16.5. The summed E-state index contributed by atoms with van der Waals surface area (Å²) in [6.07, 6.45) is 5.02. The van der Waals surface area contributed by atoms with Gasteiger partial charge in [-0.25, -0.2) is 4.79 Å². The molecule has 0 saturated carbocycles. The predicted octanol–water partition coefficient (Wildman–Crippen LogP) is 4.15. The van der Waals surface area contributed by atoms with Crippen molar-refractivity contribution in [3.63, 3.8) is 0 Å². The van der Waals surface area contributed by atoms with Crippen LogP contribution in [0.5, 0.6) is 11.5 Å². The molecule has 1 atom stereocenters. The molecule has 2 aliphatic heterocycles. The van der Waals surface area contributed by atoms with Gasteiger partial charge >= 0.3 is 5.97 Å². The molecular weight excluding hydrogens is 366 g/mol. The van der Waals surface area contributed by atoms with Crippen molar-refractivity contribution in [2.24, 2.45) is 0 Å². The molecule has 0 spiro atoms. The van der Waals surface area contributed by atoms with Gasteiger partial charge in [0.15, 0.2) is 11.5 Å². The Hall–Kier alpha value is -3.21. The van der Waals surface area contributed by atoms with E-state index in [2.05, 4.69) is 17.2 Å². The average Bonchev–Trinajstić information content (AvgIpc) is 2.77. The lowest BCUT2D eigenvalue weighted by Crippen LogP contribution is -2.32. The summed E-state index contributed by atoms with van der Waals surface area (Å²) in [7, 11) is 3.26. The smallest absolute Gasteiger partial charge is 0.337 e. The zero-order valence-corrected chi connectivity index (χ0v) is 17.0. The molecule has 5 heteroatoms. The Bertz CT molecular complexity index is 978. The summed E-state index contributed by atoms with van der Waals surface area (Å²) in [4.78, 5) is 15.3. The van der Waals surface area contributed by atoms with Crippen molar-refractivity contribution in [1.82, 2.24) is 4.90 Å². The second-order valence-electron chi connectivity index (χ2n) is 7.02. The van der Waals surface area contributed by atoms with Gasteiger partial charge < -0.3 is 19.1 Å². The summed E-state index contributed by atoms with van der Waals surface area (Å²) in [6, 6.07) is 14.0. The second kappa shape index (κ2) is 8.03. The number of nitrogens with zero attached hydrogens (tertiary/aromatic N) is 1. The van der Waals surface area contributed by atoms with Crippen molar-refractivity contribution in [2.75, 3.05) is 27.4 Å². The van der Waals surface area contributed by atoms with E-state index in [9.17, 15) is 4.79 Å². The molecule has 2 aliphatic rings. The van der Waals surface area contributed by atoms with Gasteiger partial charge in [0.1, 0.15) is 0 Å². The predicted molar refractivity (Wildman–Crippen MR) is 112 cm³/mol. The van der Waals surface area contributed by atoms with Crippen LogP contribution in [-0.2, 0) is 16.0 Å². The Kier molecular flexibility index (Phi) is 5.30. The third-order valence-electron chi connectivity index (χ3n) is 5.45. The number of carbonyl (C=O) groups excluding carboxylic acids is 1.